The van der Waals surface area contributed by atoms with Crippen molar-refractivity contribution in [2.75, 3.05) is 12.4 Å². The number of nitrogens with zero attached hydrogens (tertiary/aromatic N) is 1. The Bertz CT molecular complexity index is 461. The molecule has 110 valence electrons. The van der Waals surface area contributed by atoms with Gasteiger partial charge >= 0.3 is 5.97 Å². The average Bonchev–Trinajstić information content (AvgIpc) is 2.48. The van der Waals surface area contributed by atoms with Crippen molar-refractivity contribution in [3.8, 4) is 0 Å². The second kappa shape index (κ2) is 6.45. The second-order valence-electron chi connectivity index (χ2n) is 4.86. The van der Waals surface area contributed by atoms with Gasteiger partial charge in [0.25, 0.3) is 0 Å². The van der Waals surface area contributed by atoms with Crippen LogP contribution in [0.4, 0.5) is 0 Å². The molecule has 6 heteroatoms. The predicted molar refractivity (Wildman–Crippen MR) is 78.8 cm³/mol. The van der Waals surface area contributed by atoms with Gasteiger partial charge in [0.05, 0.1) is 6.61 Å². The maximum atomic E-state index is 12.2. The number of rotatable bonds is 6. The van der Waals surface area contributed by atoms with E-state index in [0.29, 0.717) is 18.1 Å². The Hall–Kier alpha value is -1.27. The summed E-state index contributed by atoms with van der Waals surface area (Å²) in [6, 6.07) is -0.519. The summed E-state index contributed by atoms with van der Waals surface area (Å²) in [6.45, 7) is 6.17. The van der Waals surface area contributed by atoms with Crippen LogP contribution in [0.3, 0.4) is 0 Å². The molecule has 2 N–H and O–H groups in total. The number of ether oxygens (including phenoxy) is 1. The van der Waals surface area contributed by atoms with Crippen LogP contribution in [0, 0.1) is 0 Å². The molecule has 0 aromatic carbocycles. The summed E-state index contributed by atoms with van der Waals surface area (Å²) in [7, 11) is 0. The van der Waals surface area contributed by atoms with Crippen LogP contribution in [0.15, 0.2) is 23.9 Å². The van der Waals surface area contributed by atoms with Crippen molar-refractivity contribution in [2.45, 2.75) is 37.6 Å². The largest absolute Gasteiger partial charge is 0.461 e. The Morgan fingerprint density at radius 2 is 2.35 bits per heavy atom. The molecule has 1 amide bonds. The Kier molecular flexibility index (Phi) is 4.88. The fourth-order valence-corrected chi connectivity index (χ4v) is 3.56. The number of unbranched alkanes of at least 4 members (excludes halogenated alkanes) is 2. The van der Waals surface area contributed by atoms with Crippen LogP contribution >= 0.6 is 11.8 Å². The fraction of sp³-hybridized carbons (Fsp3) is 0.571. The third-order valence-electron chi connectivity index (χ3n) is 3.46. The number of esters is 1. The molecule has 1 fully saturated rings. The van der Waals surface area contributed by atoms with Crippen molar-refractivity contribution >= 4 is 23.6 Å². The minimum atomic E-state index is -0.519. The van der Waals surface area contributed by atoms with E-state index in [2.05, 4.69) is 13.5 Å². The summed E-state index contributed by atoms with van der Waals surface area (Å²) < 4.78 is 5.26. The topological polar surface area (TPSA) is 72.6 Å². The Labute approximate surface area is 123 Å². The molecule has 20 heavy (non-hydrogen) atoms. The SMILES string of the molecule is C=CC1=C(C(=O)OCCCCC)N2C(=O)C(N)C2SC1. The summed E-state index contributed by atoms with van der Waals surface area (Å²) in [4.78, 5) is 25.5. The summed E-state index contributed by atoms with van der Waals surface area (Å²) in [5.74, 6) is -0.0333. The Balaban J connectivity index is 2.09. The third kappa shape index (κ3) is 2.62. The van der Waals surface area contributed by atoms with Gasteiger partial charge in [0.2, 0.25) is 5.91 Å². The van der Waals surface area contributed by atoms with E-state index in [1.54, 1.807) is 17.8 Å². The Morgan fingerprint density at radius 3 is 3.00 bits per heavy atom. The molecule has 2 rings (SSSR count). The standard InChI is InChI=1S/C14H20N2O3S/c1-3-5-6-7-19-14(18)11-9(4-2)8-20-13-10(15)12(17)16(11)13/h4,10,13H,2-3,5-8,15H2,1H3. The lowest BCUT2D eigenvalue weighted by atomic mass is 10.0. The zero-order chi connectivity index (χ0) is 14.7. The maximum absolute atomic E-state index is 12.2. The Morgan fingerprint density at radius 1 is 1.60 bits per heavy atom. The van der Waals surface area contributed by atoms with Gasteiger partial charge in [0.1, 0.15) is 17.1 Å². The van der Waals surface area contributed by atoms with Gasteiger partial charge in [0.15, 0.2) is 0 Å². The molecule has 0 aromatic heterocycles. The van der Waals surface area contributed by atoms with Gasteiger partial charge in [-0.1, -0.05) is 32.4 Å². The second-order valence-corrected chi connectivity index (χ2v) is 5.96. The van der Waals surface area contributed by atoms with Crippen LogP contribution in [0.5, 0.6) is 0 Å². The number of allylic oxidation sites excluding steroid dienone is 1. The molecule has 2 aliphatic rings. The lowest BCUT2D eigenvalue weighted by molar-refractivity contribution is -0.150. The van der Waals surface area contributed by atoms with Crippen LogP contribution in [0.1, 0.15) is 26.2 Å². The molecule has 0 radical (unpaired) electrons. The number of fused-ring (bicyclic) bond motifs is 1. The zero-order valence-corrected chi connectivity index (χ0v) is 12.4. The number of hydrogen-bond donors (Lipinski definition) is 1. The number of thioether (sulfide) groups is 1. The molecular weight excluding hydrogens is 276 g/mol. The first kappa shape index (κ1) is 15.1. The number of amides is 1. The molecule has 5 nitrogen and oxygen atoms in total. The molecule has 2 unspecified atom stereocenters. The van der Waals surface area contributed by atoms with Gasteiger partial charge in [-0.15, -0.1) is 11.8 Å². The monoisotopic (exact) mass is 296 g/mol. The maximum Gasteiger partial charge on any atom is 0.355 e. The molecule has 0 aliphatic carbocycles. The molecule has 0 saturated carbocycles. The number of β-lactam (4-membered cyclic amide) rings is 1. The molecule has 2 aliphatic heterocycles. The first-order valence-electron chi connectivity index (χ1n) is 6.84. The molecule has 2 atom stereocenters. The normalized spacial score (nSPS) is 25.1. The van der Waals surface area contributed by atoms with Crippen LogP contribution in [0.2, 0.25) is 0 Å². The number of hydrogen-bond acceptors (Lipinski definition) is 5. The predicted octanol–water partition coefficient (Wildman–Crippen LogP) is 1.40. The van der Waals surface area contributed by atoms with Gasteiger partial charge < -0.3 is 10.5 Å². The minimum Gasteiger partial charge on any atom is -0.461 e. The van der Waals surface area contributed by atoms with E-state index in [-0.39, 0.29) is 11.3 Å². The van der Waals surface area contributed by atoms with E-state index in [4.69, 9.17) is 10.5 Å². The zero-order valence-electron chi connectivity index (χ0n) is 11.6. The highest BCUT2D eigenvalue weighted by molar-refractivity contribution is 8.00. The van der Waals surface area contributed by atoms with Gasteiger partial charge in [-0.2, -0.15) is 0 Å². The first-order valence-corrected chi connectivity index (χ1v) is 7.89. The lowest BCUT2D eigenvalue weighted by Crippen LogP contribution is -2.68. The molecular formula is C14H20N2O3S. The highest BCUT2D eigenvalue weighted by Crippen LogP contribution is 2.39. The minimum absolute atomic E-state index is 0.149. The summed E-state index contributed by atoms with van der Waals surface area (Å²) in [5.41, 5.74) is 6.82. The summed E-state index contributed by atoms with van der Waals surface area (Å²) >= 11 is 1.55. The first-order chi connectivity index (χ1) is 9.61. The molecule has 0 aromatic rings. The van der Waals surface area contributed by atoms with Gasteiger partial charge in [-0.05, 0) is 12.0 Å². The quantitative estimate of drug-likeness (QED) is 0.456. The molecule has 2 heterocycles. The van der Waals surface area contributed by atoms with E-state index in [0.717, 1.165) is 24.8 Å². The van der Waals surface area contributed by atoms with Crippen molar-refractivity contribution in [1.82, 2.24) is 4.90 Å². The lowest BCUT2D eigenvalue weighted by Gasteiger charge is -2.48. The van der Waals surface area contributed by atoms with Crippen molar-refractivity contribution in [2.24, 2.45) is 5.73 Å². The van der Waals surface area contributed by atoms with E-state index >= 15 is 0 Å². The van der Waals surface area contributed by atoms with Gasteiger partial charge in [-0.25, -0.2) is 4.79 Å². The number of carbonyl (C=O) groups is 2. The van der Waals surface area contributed by atoms with Crippen molar-refractivity contribution in [3.05, 3.63) is 23.9 Å². The average molecular weight is 296 g/mol. The van der Waals surface area contributed by atoms with Crippen LogP contribution in [0.25, 0.3) is 0 Å². The summed E-state index contributed by atoms with van der Waals surface area (Å²) in [6.07, 6.45) is 4.54. The van der Waals surface area contributed by atoms with Crippen LogP contribution in [-0.2, 0) is 14.3 Å². The van der Waals surface area contributed by atoms with E-state index < -0.39 is 12.0 Å². The van der Waals surface area contributed by atoms with E-state index in [9.17, 15) is 9.59 Å². The van der Waals surface area contributed by atoms with E-state index in [1.165, 1.54) is 4.90 Å². The van der Waals surface area contributed by atoms with Gasteiger partial charge in [0, 0.05) is 5.75 Å². The fourth-order valence-electron chi connectivity index (χ4n) is 2.27. The van der Waals surface area contributed by atoms with Gasteiger partial charge in [-0.3, -0.25) is 9.69 Å². The molecule has 0 spiro atoms. The van der Waals surface area contributed by atoms with Crippen LogP contribution < -0.4 is 5.73 Å². The number of nitrogens with two attached hydrogens (primary N) is 1. The third-order valence-corrected chi connectivity index (χ3v) is 4.78. The van der Waals surface area contributed by atoms with Crippen LogP contribution in [-0.4, -0.2) is 40.6 Å². The van der Waals surface area contributed by atoms with Crippen molar-refractivity contribution in [3.63, 3.8) is 0 Å². The molecule has 1 saturated heterocycles. The van der Waals surface area contributed by atoms with Crippen molar-refractivity contribution < 1.29 is 14.3 Å². The highest BCUT2D eigenvalue weighted by Gasteiger charge is 2.51. The van der Waals surface area contributed by atoms with Crippen molar-refractivity contribution in [1.29, 1.82) is 0 Å². The number of carbonyl (C=O) groups excluding carboxylic acids is 2. The highest BCUT2D eigenvalue weighted by atomic mass is 32.2. The smallest absolute Gasteiger partial charge is 0.355 e. The summed E-state index contributed by atoms with van der Waals surface area (Å²) in [5, 5.41) is -0.149. The van der Waals surface area contributed by atoms with E-state index in [1.807, 2.05) is 0 Å². The molecule has 0 bridgehead atoms.